The van der Waals surface area contributed by atoms with E-state index in [0.717, 1.165) is 14.9 Å². The largest absolute Gasteiger partial charge is 0.497 e. The highest BCUT2D eigenvalue weighted by atomic mass is 79.9. The number of thiophene rings is 1. The molecule has 20 heavy (non-hydrogen) atoms. The summed E-state index contributed by atoms with van der Waals surface area (Å²) < 4.78 is 6.01. The molecule has 1 aromatic heterocycles. The number of nitrogens with one attached hydrogen (secondary N) is 1. The van der Waals surface area contributed by atoms with E-state index in [1.165, 1.54) is 0 Å². The third-order valence-corrected chi connectivity index (χ3v) is 4.46. The van der Waals surface area contributed by atoms with Crippen LogP contribution in [0, 0.1) is 0 Å². The summed E-state index contributed by atoms with van der Waals surface area (Å²) in [5, 5.41) is 5.18. The van der Waals surface area contributed by atoms with E-state index in [-0.39, 0.29) is 0 Å². The van der Waals surface area contributed by atoms with Crippen LogP contribution in [-0.2, 0) is 11.3 Å². The molecule has 3 N–H and O–H groups in total. The molecule has 0 aliphatic heterocycles. The Morgan fingerprint density at radius 1 is 1.50 bits per heavy atom. The van der Waals surface area contributed by atoms with Crippen molar-refractivity contribution in [2.24, 2.45) is 5.73 Å². The quantitative estimate of drug-likeness (QED) is 0.838. The fourth-order valence-electron chi connectivity index (χ4n) is 1.85. The van der Waals surface area contributed by atoms with Gasteiger partial charge in [-0.1, -0.05) is 22.0 Å². The van der Waals surface area contributed by atoms with Crippen molar-refractivity contribution in [2.75, 3.05) is 7.11 Å². The van der Waals surface area contributed by atoms with Crippen molar-refractivity contribution < 1.29 is 9.53 Å². The Bertz CT molecular complexity index is 587. The molecule has 0 saturated heterocycles. The smallest absolute Gasteiger partial charge is 0.239 e. The summed E-state index contributed by atoms with van der Waals surface area (Å²) in [5.41, 5.74) is 6.28. The Kier molecular flexibility index (Phi) is 5.17. The number of nitrogens with two attached hydrogens (primary N) is 1. The molecule has 6 heteroatoms. The van der Waals surface area contributed by atoms with Gasteiger partial charge in [-0.05, 0) is 35.2 Å². The molecule has 1 aromatic carbocycles. The summed E-state index contributed by atoms with van der Waals surface area (Å²) in [6.07, 6.45) is 0. The second-order valence-electron chi connectivity index (χ2n) is 4.18. The Balaban J connectivity index is 2.21. The van der Waals surface area contributed by atoms with Gasteiger partial charge in [0.15, 0.2) is 0 Å². The van der Waals surface area contributed by atoms with Gasteiger partial charge >= 0.3 is 0 Å². The van der Waals surface area contributed by atoms with Crippen molar-refractivity contribution in [3.8, 4) is 5.75 Å². The van der Waals surface area contributed by atoms with Crippen molar-refractivity contribution in [2.45, 2.75) is 12.6 Å². The maximum absolute atomic E-state index is 11.7. The number of carbonyl (C=O) groups is 1. The lowest BCUT2D eigenvalue weighted by Gasteiger charge is -2.17. The summed E-state index contributed by atoms with van der Waals surface area (Å²) in [6.45, 7) is 0.592. The van der Waals surface area contributed by atoms with Crippen molar-refractivity contribution >= 4 is 33.2 Å². The number of carbonyl (C=O) groups excluding carboxylic acids is 1. The van der Waals surface area contributed by atoms with Crippen LogP contribution in [0.1, 0.15) is 16.5 Å². The summed E-state index contributed by atoms with van der Waals surface area (Å²) in [7, 11) is 1.59. The van der Waals surface area contributed by atoms with Gasteiger partial charge in [-0.15, -0.1) is 11.3 Å². The summed E-state index contributed by atoms with van der Waals surface area (Å²) in [6, 6.07) is 8.89. The Morgan fingerprint density at radius 2 is 2.30 bits per heavy atom. The van der Waals surface area contributed by atoms with Crippen molar-refractivity contribution in [1.82, 2.24) is 5.32 Å². The van der Waals surface area contributed by atoms with Gasteiger partial charge in [0, 0.05) is 15.9 Å². The standard InChI is InChI=1S/C14H15BrN2O2S/c1-19-9-4-5-12(15)11(7-9)13(14(16)18)17-8-10-3-2-6-20-10/h2-7,13,17H,8H2,1H3,(H2,16,18). The van der Waals surface area contributed by atoms with Crippen molar-refractivity contribution in [3.05, 3.63) is 50.6 Å². The van der Waals surface area contributed by atoms with Crippen LogP contribution in [-0.4, -0.2) is 13.0 Å². The first kappa shape index (κ1) is 15.0. The number of ether oxygens (including phenoxy) is 1. The molecule has 0 fully saturated rings. The highest BCUT2D eigenvalue weighted by Gasteiger charge is 2.20. The minimum atomic E-state index is -0.568. The lowest BCUT2D eigenvalue weighted by Crippen LogP contribution is -2.33. The fourth-order valence-corrected chi connectivity index (χ4v) is 2.98. The number of methoxy groups -OCH3 is 1. The predicted molar refractivity (Wildman–Crippen MR) is 83.8 cm³/mol. The molecule has 2 aromatic rings. The van der Waals surface area contributed by atoms with Crippen LogP contribution in [0.15, 0.2) is 40.2 Å². The number of amides is 1. The van der Waals surface area contributed by atoms with Gasteiger partial charge in [-0.25, -0.2) is 0 Å². The molecule has 2 rings (SSSR count). The van der Waals surface area contributed by atoms with Crippen LogP contribution in [0.4, 0.5) is 0 Å². The highest BCUT2D eigenvalue weighted by molar-refractivity contribution is 9.10. The van der Waals surface area contributed by atoms with Gasteiger partial charge in [0.2, 0.25) is 5.91 Å². The van der Waals surface area contributed by atoms with E-state index in [1.807, 2.05) is 29.6 Å². The molecular weight excluding hydrogens is 340 g/mol. The van der Waals surface area contributed by atoms with Gasteiger partial charge in [0.1, 0.15) is 11.8 Å². The average molecular weight is 355 g/mol. The molecule has 1 unspecified atom stereocenters. The van der Waals surface area contributed by atoms with Gasteiger partial charge < -0.3 is 10.5 Å². The molecule has 0 saturated carbocycles. The molecule has 1 amide bonds. The van der Waals surface area contributed by atoms with Crippen LogP contribution in [0.3, 0.4) is 0 Å². The molecule has 0 radical (unpaired) electrons. The van der Waals surface area contributed by atoms with Crippen LogP contribution < -0.4 is 15.8 Å². The number of primary amides is 1. The van der Waals surface area contributed by atoms with E-state index in [4.69, 9.17) is 10.5 Å². The van der Waals surface area contributed by atoms with E-state index in [0.29, 0.717) is 12.3 Å². The van der Waals surface area contributed by atoms with Gasteiger partial charge in [-0.2, -0.15) is 0 Å². The lowest BCUT2D eigenvalue weighted by molar-refractivity contribution is -0.120. The van der Waals surface area contributed by atoms with E-state index in [9.17, 15) is 4.79 Å². The van der Waals surface area contributed by atoms with E-state index in [2.05, 4.69) is 21.2 Å². The SMILES string of the molecule is COc1ccc(Br)c(C(NCc2cccs2)C(N)=O)c1. The molecule has 0 aliphatic carbocycles. The maximum atomic E-state index is 11.7. The topological polar surface area (TPSA) is 64.3 Å². The number of halogens is 1. The minimum Gasteiger partial charge on any atom is -0.497 e. The third kappa shape index (κ3) is 3.59. The third-order valence-electron chi connectivity index (χ3n) is 2.86. The Hall–Kier alpha value is -1.37. The molecule has 4 nitrogen and oxygen atoms in total. The summed E-state index contributed by atoms with van der Waals surface area (Å²) in [5.74, 6) is 0.267. The van der Waals surface area contributed by atoms with Crippen molar-refractivity contribution in [1.29, 1.82) is 0 Å². The molecule has 1 atom stereocenters. The Labute approximate surface area is 130 Å². The van der Waals surface area contributed by atoms with E-state index >= 15 is 0 Å². The highest BCUT2D eigenvalue weighted by Crippen LogP contribution is 2.28. The molecular formula is C14H15BrN2O2S. The first-order valence-electron chi connectivity index (χ1n) is 6.00. The monoisotopic (exact) mass is 354 g/mol. The van der Waals surface area contributed by atoms with Crippen LogP contribution >= 0.6 is 27.3 Å². The number of rotatable bonds is 6. The lowest BCUT2D eigenvalue weighted by atomic mass is 10.1. The number of hydrogen-bond donors (Lipinski definition) is 2. The van der Waals surface area contributed by atoms with E-state index < -0.39 is 11.9 Å². The van der Waals surface area contributed by atoms with Crippen LogP contribution in [0.5, 0.6) is 5.75 Å². The normalized spacial score (nSPS) is 12.1. The Morgan fingerprint density at radius 3 is 2.90 bits per heavy atom. The second-order valence-corrected chi connectivity index (χ2v) is 6.07. The van der Waals surface area contributed by atoms with E-state index in [1.54, 1.807) is 24.5 Å². The first-order valence-corrected chi connectivity index (χ1v) is 7.67. The maximum Gasteiger partial charge on any atom is 0.239 e. The predicted octanol–water partition coefficient (Wildman–Crippen LogP) is 2.84. The van der Waals surface area contributed by atoms with Crippen LogP contribution in [0.2, 0.25) is 0 Å². The van der Waals surface area contributed by atoms with Crippen LogP contribution in [0.25, 0.3) is 0 Å². The molecule has 0 spiro atoms. The number of benzene rings is 1. The van der Waals surface area contributed by atoms with Gasteiger partial charge in [0.05, 0.1) is 7.11 Å². The zero-order valence-electron chi connectivity index (χ0n) is 10.9. The first-order chi connectivity index (χ1) is 9.61. The molecule has 0 aliphatic rings. The zero-order valence-corrected chi connectivity index (χ0v) is 13.3. The number of hydrogen-bond acceptors (Lipinski definition) is 4. The fraction of sp³-hybridized carbons (Fsp3) is 0.214. The van der Waals surface area contributed by atoms with Gasteiger partial charge in [-0.3, -0.25) is 10.1 Å². The van der Waals surface area contributed by atoms with Gasteiger partial charge in [0.25, 0.3) is 0 Å². The summed E-state index contributed by atoms with van der Waals surface area (Å²) in [4.78, 5) is 12.9. The molecule has 0 bridgehead atoms. The molecule has 106 valence electrons. The van der Waals surface area contributed by atoms with Crippen molar-refractivity contribution in [3.63, 3.8) is 0 Å². The zero-order chi connectivity index (χ0) is 14.5. The minimum absolute atomic E-state index is 0.421. The second kappa shape index (κ2) is 6.88. The molecule has 1 heterocycles. The summed E-state index contributed by atoms with van der Waals surface area (Å²) >= 11 is 5.08. The average Bonchev–Trinajstić information content (AvgIpc) is 2.93.